The molecule has 1 saturated heterocycles. The second-order valence-corrected chi connectivity index (χ2v) is 5.65. The van der Waals surface area contributed by atoms with Gasteiger partial charge >= 0.3 is 0 Å². The number of nitrogens with zero attached hydrogens (tertiary/aromatic N) is 1. The molecule has 0 saturated carbocycles. The maximum absolute atomic E-state index is 11.8. The summed E-state index contributed by atoms with van der Waals surface area (Å²) in [6, 6.07) is 6.05. The first-order valence-electron chi connectivity index (χ1n) is 6.90. The van der Waals surface area contributed by atoms with E-state index in [0.29, 0.717) is 25.9 Å². The standard InChI is InChI=1S/C15H18N2O3/c1-9-2-3-10-7-17(15(20)12(10)6-9)8-11-4-5-13(18)16-14(11)19/h2-3,6,11,15,20H,4-5,7-8H2,1H3,(H,16,18,19)/t11-,15?/m0/s1. The molecule has 5 heteroatoms. The molecule has 2 N–H and O–H groups in total. The molecule has 1 aromatic rings. The highest BCUT2D eigenvalue weighted by Crippen LogP contribution is 2.33. The molecule has 106 valence electrons. The zero-order chi connectivity index (χ0) is 14.3. The normalized spacial score (nSPS) is 26.5. The highest BCUT2D eigenvalue weighted by atomic mass is 16.3. The number of imide groups is 1. The molecule has 2 aliphatic rings. The first-order valence-corrected chi connectivity index (χ1v) is 6.90. The number of fused-ring (bicyclic) bond motifs is 1. The Morgan fingerprint density at radius 1 is 1.40 bits per heavy atom. The van der Waals surface area contributed by atoms with Gasteiger partial charge in [-0.25, -0.2) is 0 Å². The summed E-state index contributed by atoms with van der Waals surface area (Å²) in [6.07, 6.45) is 0.283. The van der Waals surface area contributed by atoms with Crippen molar-refractivity contribution < 1.29 is 14.7 Å². The summed E-state index contributed by atoms with van der Waals surface area (Å²) < 4.78 is 0. The van der Waals surface area contributed by atoms with Gasteiger partial charge < -0.3 is 5.11 Å². The van der Waals surface area contributed by atoms with Crippen molar-refractivity contribution in [2.75, 3.05) is 6.54 Å². The molecule has 2 amide bonds. The van der Waals surface area contributed by atoms with Crippen molar-refractivity contribution in [2.24, 2.45) is 5.92 Å². The molecule has 20 heavy (non-hydrogen) atoms. The molecule has 1 unspecified atom stereocenters. The zero-order valence-electron chi connectivity index (χ0n) is 11.4. The summed E-state index contributed by atoms with van der Waals surface area (Å²) in [5, 5.41) is 12.7. The third kappa shape index (κ3) is 2.34. The van der Waals surface area contributed by atoms with E-state index in [-0.39, 0.29) is 17.7 Å². The SMILES string of the molecule is Cc1ccc2c(c1)C(O)N(C[C@@H]1CCC(=O)NC1=O)C2. The predicted octanol–water partition coefficient (Wildman–Crippen LogP) is 0.854. The Morgan fingerprint density at radius 2 is 2.20 bits per heavy atom. The number of hydrogen-bond acceptors (Lipinski definition) is 4. The van der Waals surface area contributed by atoms with Crippen molar-refractivity contribution >= 4 is 11.8 Å². The molecule has 2 heterocycles. The summed E-state index contributed by atoms with van der Waals surface area (Å²) in [4.78, 5) is 24.8. The minimum atomic E-state index is -0.657. The molecule has 0 aliphatic carbocycles. The number of carbonyl (C=O) groups excluding carboxylic acids is 2. The van der Waals surface area contributed by atoms with Crippen LogP contribution in [0.15, 0.2) is 18.2 Å². The van der Waals surface area contributed by atoms with Crippen LogP contribution in [0.5, 0.6) is 0 Å². The van der Waals surface area contributed by atoms with E-state index >= 15 is 0 Å². The van der Waals surface area contributed by atoms with Crippen LogP contribution in [0, 0.1) is 12.8 Å². The Labute approximate surface area is 117 Å². The Bertz CT molecular complexity index is 570. The van der Waals surface area contributed by atoms with Gasteiger partial charge in [0.2, 0.25) is 11.8 Å². The summed E-state index contributed by atoms with van der Waals surface area (Å²) in [7, 11) is 0. The molecule has 0 spiro atoms. The lowest BCUT2D eigenvalue weighted by atomic mass is 9.97. The number of hydrogen-bond donors (Lipinski definition) is 2. The van der Waals surface area contributed by atoms with Gasteiger partial charge in [0.15, 0.2) is 0 Å². The van der Waals surface area contributed by atoms with E-state index in [4.69, 9.17) is 0 Å². The number of piperidine rings is 1. The fourth-order valence-electron chi connectivity index (χ4n) is 2.96. The van der Waals surface area contributed by atoms with E-state index in [1.807, 2.05) is 30.0 Å². The van der Waals surface area contributed by atoms with Crippen LogP contribution >= 0.6 is 0 Å². The fraction of sp³-hybridized carbons (Fsp3) is 0.467. The Morgan fingerprint density at radius 3 is 2.95 bits per heavy atom. The topological polar surface area (TPSA) is 69.6 Å². The van der Waals surface area contributed by atoms with E-state index in [0.717, 1.165) is 16.7 Å². The second kappa shape index (κ2) is 5.00. The molecular formula is C15H18N2O3. The number of aliphatic hydroxyl groups excluding tert-OH is 1. The summed E-state index contributed by atoms with van der Waals surface area (Å²) in [5.41, 5.74) is 3.15. The lowest BCUT2D eigenvalue weighted by Gasteiger charge is -2.27. The molecule has 3 rings (SSSR count). The second-order valence-electron chi connectivity index (χ2n) is 5.65. The Hall–Kier alpha value is -1.72. The average molecular weight is 274 g/mol. The van der Waals surface area contributed by atoms with Gasteiger partial charge in [0.25, 0.3) is 0 Å². The highest BCUT2D eigenvalue weighted by Gasteiger charge is 2.34. The van der Waals surface area contributed by atoms with E-state index in [1.165, 1.54) is 0 Å². The van der Waals surface area contributed by atoms with E-state index < -0.39 is 6.23 Å². The van der Waals surface area contributed by atoms with Gasteiger partial charge in [0, 0.05) is 25.1 Å². The number of carbonyl (C=O) groups is 2. The maximum atomic E-state index is 11.8. The van der Waals surface area contributed by atoms with Crippen LogP contribution in [0.4, 0.5) is 0 Å². The zero-order valence-corrected chi connectivity index (χ0v) is 11.4. The van der Waals surface area contributed by atoms with Gasteiger partial charge in [-0.15, -0.1) is 0 Å². The fourth-order valence-corrected chi connectivity index (χ4v) is 2.96. The summed E-state index contributed by atoms with van der Waals surface area (Å²) in [5.74, 6) is -0.648. The molecule has 0 radical (unpaired) electrons. The van der Waals surface area contributed by atoms with Crippen molar-refractivity contribution in [1.82, 2.24) is 10.2 Å². The van der Waals surface area contributed by atoms with Crippen molar-refractivity contribution in [3.63, 3.8) is 0 Å². The van der Waals surface area contributed by atoms with Crippen LogP contribution < -0.4 is 5.32 Å². The highest BCUT2D eigenvalue weighted by molar-refractivity contribution is 5.98. The van der Waals surface area contributed by atoms with Crippen LogP contribution in [0.2, 0.25) is 0 Å². The monoisotopic (exact) mass is 274 g/mol. The van der Waals surface area contributed by atoms with Gasteiger partial charge in [-0.05, 0) is 18.9 Å². The van der Waals surface area contributed by atoms with Crippen LogP contribution in [0.3, 0.4) is 0 Å². The van der Waals surface area contributed by atoms with Gasteiger partial charge in [-0.3, -0.25) is 19.8 Å². The van der Waals surface area contributed by atoms with Crippen LogP contribution in [-0.4, -0.2) is 28.4 Å². The first-order chi connectivity index (χ1) is 9.54. The van der Waals surface area contributed by atoms with Crippen molar-refractivity contribution in [3.8, 4) is 0 Å². The smallest absolute Gasteiger partial charge is 0.230 e. The van der Waals surface area contributed by atoms with Crippen molar-refractivity contribution in [2.45, 2.75) is 32.5 Å². The minimum Gasteiger partial charge on any atom is -0.374 e. The minimum absolute atomic E-state index is 0.202. The molecule has 0 aromatic heterocycles. The summed E-state index contributed by atoms with van der Waals surface area (Å²) >= 11 is 0. The van der Waals surface area contributed by atoms with Gasteiger partial charge in [-0.2, -0.15) is 0 Å². The molecule has 1 fully saturated rings. The van der Waals surface area contributed by atoms with Crippen molar-refractivity contribution in [1.29, 1.82) is 0 Å². The molecule has 1 aromatic carbocycles. The molecule has 2 atom stereocenters. The number of aryl methyl sites for hydroxylation is 1. The Kier molecular flexibility index (Phi) is 3.31. The van der Waals surface area contributed by atoms with E-state index in [1.54, 1.807) is 0 Å². The van der Waals surface area contributed by atoms with E-state index in [9.17, 15) is 14.7 Å². The lowest BCUT2D eigenvalue weighted by molar-refractivity contribution is -0.137. The lowest BCUT2D eigenvalue weighted by Crippen LogP contribution is -2.45. The van der Waals surface area contributed by atoms with Crippen LogP contribution in [0.1, 0.15) is 35.8 Å². The largest absolute Gasteiger partial charge is 0.374 e. The Balaban J connectivity index is 1.71. The number of benzene rings is 1. The first kappa shape index (κ1) is 13.3. The molecule has 2 aliphatic heterocycles. The van der Waals surface area contributed by atoms with Crippen LogP contribution in [0.25, 0.3) is 0 Å². The third-order valence-corrected chi connectivity index (χ3v) is 4.11. The van der Waals surface area contributed by atoms with E-state index in [2.05, 4.69) is 5.32 Å². The third-order valence-electron chi connectivity index (χ3n) is 4.11. The van der Waals surface area contributed by atoms with Crippen LogP contribution in [-0.2, 0) is 16.1 Å². The molecular weight excluding hydrogens is 256 g/mol. The molecule has 5 nitrogen and oxygen atoms in total. The number of nitrogens with one attached hydrogen (secondary N) is 1. The summed E-state index contributed by atoms with van der Waals surface area (Å²) in [6.45, 7) is 3.12. The van der Waals surface area contributed by atoms with Gasteiger partial charge in [-0.1, -0.05) is 23.8 Å². The van der Waals surface area contributed by atoms with Gasteiger partial charge in [0.1, 0.15) is 6.23 Å². The number of amides is 2. The maximum Gasteiger partial charge on any atom is 0.230 e. The van der Waals surface area contributed by atoms with Gasteiger partial charge in [0.05, 0.1) is 5.92 Å². The average Bonchev–Trinajstić information content (AvgIpc) is 2.70. The number of aliphatic hydroxyl groups is 1. The number of rotatable bonds is 2. The van der Waals surface area contributed by atoms with Crippen molar-refractivity contribution in [3.05, 3.63) is 34.9 Å². The predicted molar refractivity (Wildman–Crippen MR) is 72.4 cm³/mol. The molecule has 0 bridgehead atoms. The quantitative estimate of drug-likeness (QED) is 0.785.